The summed E-state index contributed by atoms with van der Waals surface area (Å²) in [7, 11) is 0. The number of rotatable bonds is 3. The van der Waals surface area contributed by atoms with Gasteiger partial charge in [-0.1, -0.05) is 6.08 Å². The van der Waals surface area contributed by atoms with Gasteiger partial charge in [0.25, 0.3) is 0 Å². The van der Waals surface area contributed by atoms with Crippen LogP contribution in [0, 0.1) is 0 Å². The Hall–Kier alpha value is -0.830. The summed E-state index contributed by atoms with van der Waals surface area (Å²) in [5.41, 5.74) is -0.0460. The predicted molar refractivity (Wildman–Crippen MR) is 53.3 cm³/mol. The minimum Gasteiger partial charge on any atom is -0.444 e. The van der Waals surface area contributed by atoms with Gasteiger partial charge in [-0.25, -0.2) is 4.79 Å². The Morgan fingerprint density at radius 2 is 2.00 bits per heavy atom. The van der Waals surface area contributed by atoms with Gasteiger partial charge in [0, 0.05) is 11.6 Å². The number of carbonyl (C=O) groups is 1. The van der Waals surface area contributed by atoms with Crippen molar-refractivity contribution in [2.45, 2.75) is 46.4 Å². The lowest BCUT2D eigenvalue weighted by Gasteiger charge is -2.25. The SMILES string of the molecule is CC=CC(=O)OC(C)NC(C)(C)C. The van der Waals surface area contributed by atoms with Crippen LogP contribution in [0.4, 0.5) is 0 Å². The molecule has 0 aromatic carbocycles. The van der Waals surface area contributed by atoms with Crippen LogP contribution in [0.5, 0.6) is 0 Å². The summed E-state index contributed by atoms with van der Waals surface area (Å²) in [6.07, 6.45) is 2.80. The molecule has 0 bridgehead atoms. The minimum absolute atomic E-state index is 0.0460. The first-order valence-electron chi connectivity index (χ1n) is 4.46. The largest absolute Gasteiger partial charge is 0.444 e. The highest BCUT2D eigenvalue weighted by Gasteiger charge is 2.15. The molecular weight excluding hydrogens is 166 g/mol. The monoisotopic (exact) mass is 185 g/mol. The van der Waals surface area contributed by atoms with Crippen LogP contribution >= 0.6 is 0 Å². The van der Waals surface area contributed by atoms with Crippen LogP contribution in [0.3, 0.4) is 0 Å². The molecule has 3 heteroatoms. The third-order valence-corrected chi connectivity index (χ3v) is 1.23. The second-order valence-electron chi connectivity index (χ2n) is 3.97. The van der Waals surface area contributed by atoms with Crippen LogP contribution < -0.4 is 5.32 Å². The summed E-state index contributed by atoms with van der Waals surface area (Å²) >= 11 is 0. The van der Waals surface area contributed by atoms with Gasteiger partial charge < -0.3 is 4.74 Å². The summed E-state index contributed by atoms with van der Waals surface area (Å²) in [5, 5.41) is 3.13. The molecule has 0 heterocycles. The van der Waals surface area contributed by atoms with Crippen molar-refractivity contribution in [1.82, 2.24) is 5.32 Å². The molecule has 13 heavy (non-hydrogen) atoms. The number of nitrogens with one attached hydrogen (secondary N) is 1. The van der Waals surface area contributed by atoms with Crippen LogP contribution in [0.2, 0.25) is 0 Å². The van der Waals surface area contributed by atoms with Crippen molar-refractivity contribution in [3.8, 4) is 0 Å². The van der Waals surface area contributed by atoms with Crippen molar-refractivity contribution < 1.29 is 9.53 Å². The van der Waals surface area contributed by atoms with Crippen molar-refractivity contribution in [1.29, 1.82) is 0 Å². The average Bonchev–Trinajstić information content (AvgIpc) is 1.81. The molecule has 3 nitrogen and oxygen atoms in total. The lowest BCUT2D eigenvalue weighted by Crippen LogP contribution is -2.44. The molecule has 0 saturated heterocycles. The average molecular weight is 185 g/mol. The van der Waals surface area contributed by atoms with Gasteiger partial charge in [0.15, 0.2) is 6.23 Å². The van der Waals surface area contributed by atoms with Crippen molar-refractivity contribution in [2.24, 2.45) is 0 Å². The molecule has 0 spiro atoms. The highest BCUT2D eigenvalue weighted by atomic mass is 16.6. The Balaban J connectivity index is 3.88. The third-order valence-electron chi connectivity index (χ3n) is 1.23. The van der Waals surface area contributed by atoms with Gasteiger partial charge in [-0.3, -0.25) is 5.32 Å². The molecule has 0 amide bonds. The Labute approximate surface area is 80.2 Å². The Bertz CT molecular complexity index is 192. The van der Waals surface area contributed by atoms with Crippen molar-refractivity contribution in [3.05, 3.63) is 12.2 Å². The fraction of sp³-hybridized carbons (Fsp3) is 0.700. The molecular formula is C10H19NO2. The first-order valence-corrected chi connectivity index (χ1v) is 4.46. The maximum absolute atomic E-state index is 11.0. The molecule has 0 aliphatic carbocycles. The van der Waals surface area contributed by atoms with Gasteiger partial charge in [-0.15, -0.1) is 0 Å². The Morgan fingerprint density at radius 1 is 1.46 bits per heavy atom. The van der Waals surface area contributed by atoms with Gasteiger partial charge in [0.1, 0.15) is 0 Å². The smallest absolute Gasteiger partial charge is 0.331 e. The van der Waals surface area contributed by atoms with Gasteiger partial charge >= 0.3 is 5.97 Å². The molecule has 76 valence electrons. The van der Waals surface area contributed by atoms with Gasteiger partial charge in [0.2, 0.25) is 0 Å². The minimum atomic E-state index is -0.313. The van der Waals surface area contributed by atoms with Crippen molar-refractivity contribution in [2.75, 3.05) is 0 Å². The highest BCUT2D eigenvalue weighted by Crippen LogP contribution is 2.02. The van der Waals surface area contributed by atoms with E-state index in [0.717, 1.165) is 0 Å². The van der Waals surface area contributed by atoms with E-state index in [0.29, 0.717) is 0 Å². The Morgan fingerprint density at radius 3 is 2.38 bits per heavy atom. The standard InChI is InChI=1S/C10H19NO2/c1-6-7-9(12)13-8(2)11-10(3,4)5/h6-8,11H,1-5H3. The number of esters is 1. The van der Waals surface area contributed by atoms with Crippen LogP contribution in [-0.2, 0) is 9.53 Å². The quantitative estimate of drug-likeness (QED) is 0.414. The summed E-state index contributed by atoms with van der Waals surface area (Å²) < 4.78 is 5.03. The second kappa shape index (κ2) is 5.02. The Kier molecular flexibility index (Phi) is 4.70. The molecule has 0 aromatic heterocycles. The number of carbonyl (C=O) groups excluding carboxylic acids is 1. The number of hydrogen-bond donors (Lipinski definition) is 1. The van der Waals surface area contributed by atoms with Crippen LogP contribution in [-0.4, -0.2) is 17.7 Å². The van der Waals surface area contributed by atoms with Gasteiger partial charge in [-0.2, -0.15) is 0 Å². The van der Waals surface area contributed by atoms with E-state index in [1.54, 1.807) is 13.0 Å². The van der Waals surface area contributed by atoms with E-state index in [1.807, 2.05) is 27.7 Å². The number of ether oxygens (including phenoxy) is 1. The molecule has 1 N–H and O–H groups in total. The fourth-order valence-electron chi connectivity index (χ4n) is 0.989. The number of hydrogen-bond acceptors (Lipinski definition) is 3. The van der Waals surface area contributed by atoms with E-state index in [9.17, 15) is 4.79 Å². The normalized spacial score (nSPS) is 14.5. The molecule has 0 fully saturated rings. The molecule has 1 atom stereocenters. The highest BCUT2D eigenvalue weighted by molar-refractivity contribution is 5.81. The zero-order chi connectivity index (χ0) is 10.5. The van der Waals surface area contributed by atoms with Gasteiger partial charge in [0.05, 0.1) is 0 Å². The fourth-order valence-corrected chi connectivity index (χ4v) is 0.989. The molecule has 0 aromatic rings. The zero-order valence-electron chi connectivity index (χ0n) is 9.05. The maximum Gasteiger partial charge on any atom is 0.331 e. The first kappa shape index (κ1) is 12.2. The molecule has 0 aliphatic rings. The number of allylic oxidation sites excluding steroid dienone is 1. The summed E-state index contributed by atoms with van der Waals surface area (Å²) in [5.74, 6) is -0.313. The molecule has 0 saturated carbocycles. The second-order valence-corrected chi connectivity index (χ2v) is 3.97. The molecule has 1 unspecified atom stereocenters. The van der Waals surface area contributed by atoms with Crippen LogP contribution in [0.25, 0.3) is 0 Å². The predicted octanol–water partition coefficient (Wildman–Crippen LogP) is 1.84. The van der Waals surface area contributed by atoms with E-state index >= 15 is 0 Å². The van der Waals surface area contributed by atoms with Crippen molar-refractivity contribution in [3.63, 3.8) is 0 Å². The van der Waals surface area contributed by atoms with Crippen LogP contribution in [0.1, 0.15) is 34.6 Å². The molecule has 0 radical (unpaired) electrons. The van der Waals surface area contributed by atoms with Gasteiger partial charge in [-0.05, 0) is 34.6 Å². The van der Waals surface area contributed by atoms with E-state index in [2.05, 4.69) is 5.32 Å². The maximum atomic E-state index is 11.0. The molecule has 0 aliphatic heterocycles. The third kappa shape index (κ3) is 7.53. The van der Waals surface area contributed by atoms with Crippen molar-refractivity contribution >= 4 is 5.97 Å². The molecule has 0 rings (SSSR count). The zero-order valence-corrected chi connectivity index (χ0v) is 9.05. The lowest BCUT2D eigenvalue weighted by molar-refractivity contribution is -0.144. The van der Waals surface area contributed by atoms with E-state index in [1.165, 1.54) is 6.08 Å². The van der Waals surface area contributed by atoms with E-state index in [-0.39, 0.29) is 17.7 Å². The van der Waals surface area contributed by atoms with Crippen LogP contribution in [0.15, 0.2) is 12.2 Å². The van der Waals surface area contributed by atoms with E-state index < -0.39 is 0 Å². The lowest BCUT2D eigenvalue weighted by atomic mass is 10.1. The first-order chi connectivity index (χ1) is 5.85. The van der Waals surface area contributed by atoms with E-state index in [4.69, 9.17) is 4.74 Å². The summed E-state index contributed by atoms with van der Waals surface area (Å²) in [4.78, 5) is 11.0. The summed E-state index contributed by atoms with van der Waals surface area (Å²) in [6.45, 7) is 9.66. The topological polar surface area (TPSA) is 38.3 Å². The summed E-state index contributed by atoms with van der Waals surface area (Å²) in [6, 6.07) is 0.